The van der Waals surface area contributed by atoms with Crippen molar-refractivity contribution in [3.05, 3.63) is 24.0 Å². The second-order valence-corrected chi connectivity index (χ2v) is 4.63. The average molecular weight is 266 g/mol. The molecular weight excluding hydrogens is 251 g/mol. The monoisotopic (exact) mass is 266 g/mol. The SMILES string of the molecule is CC(C(=O)O)C(=O)Nc1c(F)cccc1NC1CC1. The minimum absolute atomic E-state index is 0.00694. The van der Waals surface area contributed by atoms with Crippen LogP contribution in [0.2, 0.25) is 0 Å². The third-order valence-corrected chi connectivity index (χ3v) is 2.96. The van der Waals surface area contributed by atoms with Crippen LogP contribution < -0.4 is 10.6 Å². The molecule has 102 valence electrons. The van der Waals surface area contributed by atoms with E-state index >= 15 is 0 Å². The maximum atomic E-state index is 13.7. The first-order valence-corrected chi connectivity index (χ1v) is 6.07. The lowest BCUT2D eigenvalue weighted by Gasteiger charge is -2.14. The zero-order valence-electron chi connectivity index (χ0n) is 10.4. The molecule has 1 aliphatic rings. The zero-order chi connectivity index (χ0) is 14.0. The third kappa shape index (κ3) is 3.21. The Hall–Kier alpha value is -2.11. The third-order valence-electron chi connectivity index (χ3n) is 2.96. The number of carbonyl (C=O) groups excluding carboxylic acids is 1. The lowest BCUT2D eigenvalue weighted by Crippen LogP contribution is -2.27. The van der Waals surface area contributed by atoms with Crippen molar-refractivity contribution in [2.24, 2.45) is 5.92 Å². The molecule has 0 spiro atoms. The van der Waals surface area contributed by atoms with Crippen molar-refractivity contribution in [3.8, 4) is 0 Å². The standard InChI is InChI=1S/C13H15FN2O3/c1-7(13(18)19)12(17)16-11-9(14)3-2-4-10(11)15-8-5-6-8/h2-4,7-8,15H,5-6H2,1H3,(H,16,17)(H,18,19). The number of carboxylic acid groups (broad SMARTS) is 1. The molecule has 1 unspecified atom stereocenters. The predicted molar refractivity (Wildman–Crippen MR) is 68.5 cm³/mol. The van der Waals surface area contributed by atoms with Crippen LogP contribution in [0, 0.1) is 11.7 Å². The van der Waals surface area contributed by atoms with Gasteiger partial charge in [-0.1, -0.05) is 6.07 Å². The summed E-state index contributed by atoms with van der Waals surface area (Å²) in [5, 5.41) is 14.2. The molecule has 1 atom stereocenters. The highest BCUT2D eigenvalue weighted by Gasteiger charge is 2.25. The summed E-state index contributed by atoms with van der Waals surface area (Å²) in [6.45, 7) is 1.26. The summed E-state index contributed by atoms with van der Waals surface area (Å²) in [6, 6.07) is 4.71. The van der Waals surface area contributed by atoms with Gasteiger partial charge >= 0.3 is 5.97 Å². The minimum atomic E-state index is -1.24. The Kier molecular flexibility index (Phi) is 3.69. The van der Waals surface area contributed by atoms with Gasteiger partial charge in [-0.05, 0) is 31.9 Å². The smallest absolute Gasteiger partial charge is 0.315 e. The highest BCUT2D eigenvalue weighted by molar-refractivity contribution is 6.05. The molecule has 1 amide bonds. The Morgan fingerprint density at radius 2 is 2.11 bits per heavy atom. The summed E-state index contributed by atoms with van der Waals surface area (Å²) in [5.41, 5.74) is 0.487. The number of para-hydroxylation sites is 1. The van der Waals surface area contributed by atoms with Gasteiger partial charge < -0.3 is 15.7 Å². The topological polar surface area (TPSA) is 78.4 Å². The van der Waals surface area contributed by atoms with E-state index < -0.39 is 23.6 Å². The number of rotatable bonds is 5. The maximum Gasteiger partial charge on any atom is 0.315 e. The first-order valence-electron chi connectivity index (χ1n) is 6.07. The van der Waals surface area contributed by atoms with Crippen LogP contribution in [0.15, 0.2) is 18.2 Å². The van der Waals surface area contributed by atoms with Crippen LogP contribution in [-0.4, -0.2) is 23.0 Å². The van der Waals surface area contributed by atoms with Gasteiger partial charge in [0.15, 0.2) is 0 Å². The van der Waals surface area contributed by atoms with E-state index in [1.165, 1.54) is 19.1 Å². The van der Waals surface area contributed by atoms with Crippen LogP contribution in [-0.2, 0) is 9.59 Å². The summed E-state index contributed by atoms with van der Waals surface area (Å²) < 4.78 is 13.7. The van der Waals surface area contributed by atoms with E-state index in [1.54, 1.807) is 6.07 Å². The summed E-state index contributed by atoms with van der Waals surface area (Å²) in [5.74, 6) is -3.80. The molecule has 1 fully saturated rings. The van der Waals surface area contributed by atoms with Gasteiger partial charge in [-0.2, -0.15) is 0 Å². The van der Waals surface area contributed by atoms with Gasteiger partial charge in [0, 0.05) is 6.04 Å². The lowest BCUT2D eigenvalue weighted by molar-refractivity contribution is -0.144. The molecule has 2 rings (SSSR count). The molecule has 1 aromatic rings. The lowest BCUT2D eigenvalue weighted by atomic mass is 10.1. The van der Waals surface area contributed by atoms with Crippen LogP contribution in [0.4, 0.5) is 15.8 Å². The number of aliphatic carboxylic acids is 1. The second-order valence-electron chi connectivity index (χ2n) is 4.63. The van der Waals surface area contributed by atoms with Gasteiger partial charge in [-0.3, -0.25) is 9.59 Å². The fraction of sp³-hybridized carbons (Fsp3) is 0.385. The molecular formula is C13H15FN2O3. The summed E-state index contributed by atoms with van der Waals surface area (Å²) in [6.07, 6.45) is 2.02. The van der Waals surface area contributed by atoms with Gasteiger partial charge in [-0.25, -0.2) is 4.39 Å². The molecule has 3 N–H and O–H groups in total. The summed E-state index contributed by atoms with van der Waals surface area (Å²) >= 11 is 0. The number of carbonyl (C=O) groups is 2. The maximum absolute atomic E-state index is 13.7. The molecule has 0 heterocycles. The number of halogens is 1. The van der Waals surface area contributed by atoms with Gasteiger partial charge in [0.25, 0.3) is 0 Å². The second kappa shape index (κ2) is 5.26. The Labute approximate surface area is 109 Å². The van der Waals surface area contributed by atoms with E-state index in [4.69, 9.17) is 5.11 Å². The Bertz CT molecular complexity index is 515. The number of hydrogen-bond donors (Lipinski definition) is 3. The highest BCUT2D eigenvalue weighted by atomic mass is 19.1. The van der Waals surface area contributed by atoms with Crippen molar-refractivity contribution in [2.75, 3.05) is 10.6 Å². The van der Waals surface area contributed by atoms with E-state index in [9.17, 15) is 14.0 Å². The fourth-order valence-corrected chi connectivity index (χ4v) is 1.56. The summed E-state index contributed by atoms with van der Waals surface area (Å²) in [4.78, 5) is 22.4. The van der Waals surface area contributed by atoms with Crippen LogP contribution in [0.5, 0.6) is 0 Å². The van der Waals surface area contributed by atoms with Gasteiger partial charge in [0.05, 0.1) is 5.69 Å². The molecule has 0 bridgehead atoms. The van der Waals surface area contributed by atoms with Crippen molar-refractivity contribution in [1.29, 1.82) is 0 Å². The molecule has 1 saturated carbocycles. The number of benzene rings is 1. The normalized spacial score (nSPS) is 15.7. The predicted octanol–water partition coefficient (Wildman–Crippen LogP) is 2.06. The average Bonchev–Trinajstić information content (AvgIpc) is 3.16. The first kappa shape index (κ1) is 13.3. The van der Waals surface area contributed by atoms with Crippen LogP contribution in [0.25, 0.3) is 0 Å². The number of carboxylic acids is 1. The summed E-state index contributed by atoms with van der Waals surface area (Å²) in [7, 11) is 0. The van der Waals surface area contributed by atoms with E-state index in [-0.39, 0.29) is 5.69 Å². The highest BCUT2D eigenvalue weighted by Crippen LogP contribution is 2.31. The Balaban J connectivity index is 2.17. The van der Waals surface area contributed by atoms with Crippen molar-refractivity contribution in [1.82, 2.24) is 0 Å². The van der Waals surface area contributed by atoms with E-state index in [2.05, 4.69) is 10.6 Å². The molecule has 19 heavy (non-hydrogen) atoms. The van der Waals surface area contributed by atoms with Gasteiger partial charge in [-0.15, -0.1) is 0 Å². The van der Waals surface area contributed by atoms with Crippen molar-refractivity contribution in [3.63, 3.8) is 0 Å². The first-order chi connectivity index (χ1) is 8.99. The van der Waals surface area contributed by atoms with Crippen LogP contribution >= 0.6 is 0 Å². The van der Waals surface area contributed by atoms with Crippen molar-refractivity contribution < 1.29 is 19.1 Å². The van der Waals surface area contributed by atoms with E-state index in [0.717, 1.165) is 12.8 Å². The van der Waals surface area contributed by atoms with Crippen LogP contribution in [0.1, 0.15) is 19.8 Å². The molecule has 0 aromatic heterocycles. The van der Waals surface area contributed by atoms with E-state index in [0.29, 0.717) is 11.7 Å². The Morgan fingerprint density at radius 3 is 2.68 bits per heavy atom. The molecule has 1 aliphatic carbocycles. The van der Waals surface area contributed by atoms with Crippen LogP contribution in [0.3, 0.4) is 0 Å². The minimum Gasteiger partial charge on any atom is -0.481 e. The quantitative estimate of drug-likeness (QED) is 0.713. The largest absolute Gasteiger partial charge is 0.481 e. The molecule has 0 aliphatic heterocycles. The number of anilines is 2. The fourth-order valence-electron chi connectivity index (χ4n) is 1.56. The number of nitrogens with one attached hydrogen (secondary N) is 2. The number of hydrogen-bond acceptors (Lipinski definition) is 3. The van der Waals surface area contributed by atoms with Crippen molar-refractivity contribution >= 4 is 23.3 Å². The molecule has 0 saturated heterocycles. The molecule has 6 heteroatoms. The van der Waals surface area contributed by atoms with Crippen molar-refractivity contribution in [2.45, 2.75) is 25.8 Å². The molecule has 1 aromatic carbocycles. The molecule has 5 nitrogen and oxygen atoms in total. The Morgan fingerprint density at radius 1 is 1.42 bits per heavy atom. The van der Waals surface area contributed by atoms with Gasteiger partial charge in [0.2, 0.25) is 5.91 Å². The van der Waals surface area contributed by atoms with E-state index in [1.807, 2.05) is 0 Å². The van der Waals surface area contributed by atoms with Gasteiger partial charge in [0.1, 0.15) is 17.4 Å². The number of amides is 1. The zero-order valence-corrected chi connectivity index (χ0v) is 10.4. The molecule has 0 radical (unpaired) electrons.